The predicted molar refractivity (Wildman–Crippen MR) is 76.6 cm³/mol. The zero-order chi connectivity index (χ0) is 14.7. The van der Waals surface area contributed by atoms with Gasteiger partial charge in [-0.05, 0) is 13.8 Å². The first-order chi connectivity index (χ1) is 9.55. The Morgan fingerprint density at radius 2 is 1.75 bits per heavy atom. The lowest BCUT2D eigenvalue weighted by Gasteiger charge is -2.12. The summed E-state index contributed by atoms with van der Waals surface area (Å²) in [4.78, 5) is 0. The minimum Gasteiger partial charge on any atom is -0.493 e. The van der Waals surface area contributed by atoms with Gasteiger partial charge in [0.2, 0.25) is 0 Å². The van der Waals surface area contributed by atoms with Crippen LogP contribution in [-0.2, 0) is 0 Å². The second-order valence-electron chi connectivity index (χ2n) is 4.60. The summed E-state index contributed by atoms with van der Waals surface area (Å²) in [7, 11) is 3.12. The molecule has 0 spiro atoms. The Kier molecular flexibility index (Phi) is 4.02. The van der Waals surface area contributed by atoms with Crippen LogP contribution in [0.3, 0.4) is 0 Å². The topological polar surface area (TPSA) is 71.5 Å². The number of nitrogens with zero attached hydrogens (tertiary/aromatic N) is 2. The third kappa shape index (κ3) is 2.79. The molecule has 108 valence electrons. The molecule has 0 aliphatic heterocycles. The molecule has 2 aromatic rings. The minimum absolute atomic E-state index is 0.273. The number of methoxy groups -OCH3 is 2. The molecule has 0 saturated heterocycles. The molecule has 0 atom stereocenters. The van der Waals surface area contributed by atoms with Gasteiger partial charge in [-0.25, -0.2) is 0 Å². The van der Waals surface area contributed by atoms with E-state index in [2.05, 4.69) is 5.10 Å². The van der Waals surface area contributed by atoms with Gasteiger partial charge in [0, 0.05) is 18.2 Å². The molecule has 0 unspecified atom stereocenters. The van der Waals surface area contributed by atoms with Crippen LogP contribution in [0.5, 0.6) is 23.0 Å². The summed E-state index contributed by atoms with van der Waals surface area (Å²) >= 11 is 0. The molecule has 1 aromatic heterocycles. The van der Waals surface area contributed by atoms with Crippen LogP contribution in [0.25, 0.3) is 0 Å². The van der Waals surface area contributed by atoms with Crippen molar-refractivity contribution in [1.82, 2.24) is 9.78 Å². The maximum absolute atomic E-state index is 5.95. The first-order valence-electron chi connectivity index (χ1n) is 6.28. The fraction of sp³-hybridized carbons (Fsp3) is 0.357. The summed E-state index contributed by atoms with van der Waals surface area (Å²) in [6.07, 6.45) is 3.47. The van der Waals surface area contributed by atoms with Crippen LogP contribution in [0.2, 0.25) is 0 Å². The number of nitrogens with two attached hydrogens (primary N) is 1. The Hall–Kier alpha value is -2.37. The first kappa shape index (κ1) is 14.0. The second kappa shape index (κ2) is 5.73. The fourth-order valence-electron chi connectivity index (χ4n) is 1.75. The van der Waals surface area contributed by atoms with Crippen molar-refractivity contribution in [3.8, 4) is 23.0 Å². The zero-order valence-corrected chi connectivity index (χ0v) is 12.1. The molecule has 2 rings (SSSR count). The second-order valence-corrected chi connectivity index (χ2v) is 4.60. The van der Waals surface area contributed by atoms with E-state index in [9.17, 15) is 0 Å². The summed E-state index contributed by atoms with van der Waals surface area (Å²) < 4.78 is 18.0. The molecule has 1 aromatic carbocycles. The van der Waals surface area contributed by atoms with Gasteiger partial charge in [-0.3, -0.25) is 4.68 Å². The zero-order valence-electron chi connectivity index (χ0n) is 12.1. The highest BCUT2D eigenvalue weighted by atomic mass is 16.5. The number of anilines is 1. The van der Waals surface area contributed by atoms with Gasteiger partial charge in [0.05, 0.1) is 32.3 Å². The molecule has 6 heteroatoms. The largest absolute Gasteiger partial charge is 0.493 e. The number of hydrogen-bond acceptors (Lipinski definition) is 5. The van der Waals surface area contributed by atoms with Gasteiger partial charge in [0.15, 0.2) is 23.0 Å². The van der Waals surface area contributed by atoms with E-state index < -0.39 is 0 Å². The first-order valence-corrected chi connectivity index (χ1v) is 6.28. The summed E-state index contributed by atoms with van der Waals surface area (Å²) in [5.41, 5.74) is 6.42. The Morgan fingerprint density at radius 3 is 2.30 bits per heavy atom. The van der Waals surface area contributed by atoms with Crippen LogP contribution in [0, 0.1) is 0 Å². The van der Waals surface area contributed by atoms with E-state index >= 15 is 0 Å². The number of benzene rings is 1. The molecular weight excluding hydrogens is 258 g/mol. The van der Waals surface area contributed by atoms with E-state index in [-0.39, 0.29) is 6.04 Å². The van der Waals surface area contributed by atoms with Gasteiger partial charge >= 0.3 is 0 Å². The Balaban J connectivity index is 2.28. The van der Waals surface area contributed by atoms with Crippen molar-refractivity contribution >= 4 is 5.69 Å². The Bertz CT molecular complexity index is 593. The van der Waals surface area contributed by atoms with Crippen molar-refractivity contribution in [3.63, 3.8) is 0 Å². The van der Waals surface area contributed by atoms with Crippen molar-refractivity contribution < 1.29 is 14.2 Å². The van der Waals surface area contributed by atoms with Crippen LogP contribution in [0.1, 0.15) is 19.9 Å². The Morgan fingerprint density at radius 1 is 1.10 bits per heavy atom. The summed E-state index contributed by atoms with van der Waals surface area (Å²) in [6.45, 7) is 4.09. The standard InChI is InChI=1S/C14H19N3O3/c1-9(2)17-8-10(7-16-17)20-12-6-14(19-4)13(18-3)5-11(12)15/h5-9H,15H2,1-4H3. The van der Waals surface area contributed by atoms with Crippen LogP contribution in [0.4, 0.5) is 5.69 Å². The van der Waals surface area contributed by atoms with Gasteiger partial charge in [0.25, 0.3) is 0 Å². The smallest absolute Gasteiger partial charge is 0.165 e. The molecule has 0 amide bonds. The number of hydrogen-bond donors (Lipinski definition) is 1. The minimum atomic E-state index is 0.273. The number of aromatic nitrogens is 2. The van der Waals surface area contributed by atoms with Crippen LogP contribution >= 0.6 is 0 Å². The molecule has 0 saturated carbocycles. The number of rotatable bonds is 5. The molecular formula is C14H19N3O3. The van der Waals surface area contributed by atoms with Crippen LogP contribution < -0.4 is 19.9 Å². The predicted octanol–water partition coefficient (Wildman–Crippen LogP) is 2.86. The molecule has 0 radical (unpaired) electrons. The Labute approximate surface area is 118 Å². The third-order valence-corrected chi connectivity index (χ3v) is 2.85. The molecule has 6 nitrogen and oxygen atoms in total. The van der Waals surface area contributed by atoms with Gasteiger partial charge in [-0.1, -0.05) is 0 Å². The summed E-state index contributed by atoms with van der Waals surface area (Å²) in [5.74, 6) is 2.26. The van der Waals surface area contributed by atoms with Crippen molar-refractivity contribution in [2.24, 2.45) is 0 Å². The van der Waals surface area contributed by atoms with Gasteiger partial charge in [-0.15, -0.1) is 0 Å². The highest BCUT2D eigenvalue weighted by Gasteiger charge is 2.12. The average molecular weight is 277 g/mol. The van der Waals surface area contributed by atoms with Gasteiger partial charge in [-0.2, -0.15) is 5.10 Å². The lowest BCUT2D eigenvalue weighted by molar-refractivity contribution is 0.352. The van der Waals surface area contributed by atoms with E-state index in [4.69, 9.17) is 19.9 Å². The van der Waals surface area contributed by atoms with E-state index in [1.54, 1.807) is 32.5 Å². The van der Waals surface area contributed by atoms with E-state index in [1.807, 2.05) is 24.7 Å². The van der Waals surface area contributed by atoms with E-state index in [0.717, 1.165) is 0 Å². The van der Waals surface area contributed by atoms with Crippen molar-refractivity contribution in [2.45, 2.75) is 19.9 Å². The molecule has 20 heavy (non-hydrogen) atoms. The third-order valence-electron chi connectivity index (χ3n) is 2.85. The normalized spacial score (nSPS) is 10.7. The van der Waals surface area contributed by atoms with Crippen LogP contribution in [-0.4, -0.2) is 24.0 Å². The number of nitrogen functional groups attached to an aromatic ring is 1. The molecule has 0 fully saturated rings. The number of ether oxygens (including phenoxy) is 3. The fourth-order valence-corrected chi connectivity index (χ4v) is 1.75. The highest BCUT2D eigenvalue weighted by Crippen LogP contribution is 2.38. The molecule has 0 aliphatic rings. The average Bonchev–Trinajstić information content (AvgIpc) is 2.89. The van der Waals surface area contributed by atoms with E-state index in [1.165, 1.54) is 0 Å². The summed E-state index contributed by atoms with van der Waals surface area (Å²) in [6, 6.07) is 3.64. The molecule has 0 aliphatic carbocycles. The van der Waals surface area contributed by atoms with Gasteiger partial charge < -0.3 is 19.9 Å². The molecule has 2 N–H and O–H groups in total. The van der Waals surface area contributed by atoms with Crippen molar-refractivity contribution in [1.29, 1.82) is 0 Å². The monoisotopic (exact) mass is 277 g/mol. The van der Waals surface area contributed by atoms with Gasteiger partial charge in [0.1, 0.15) is 0 Å². The quantitative estimate of drug-likeness (QED) is 0.851. The highest BCUT2D eigenvalue weighted by molar-refractivity contribution is 5.62. The van der Waals surface area contributed by atoms with E-state index in [0.29, 0.717) is 28.7 Å². The molecule has 1 heterocycles. The van der Waals surface area contributed by atoms with Crippen molar-refractivity contribution in [2.75, 3.05) is 20.0 Å². The molecule has 0 bridgehead atoms. The maximum atomic E-state index is 5.95. The maximum Gasteiger partial charge on any atom is 0.165 e. The lowest BCUT2D eigenvalue weighted by Crippen LogP contribution is -1.99. The lowest BCUT2D eigenvalue weighted by atomic mass is 10.2. The van der Waals surface area contributed by atoms with Crippen LogP contribution in [0.15, 0.2) is 24.5 Å². The SMILES string of the molecule is COc1cc(N)c(Oc2cnn(C(C)C)c2)cc1OC. The summed E-state index contributed by atoms with van der Waals surface area (Å²) in [5, 5.41) is 4.21. The van der Waals surface area contributed by atoms with Crippen molar-refractivity contribution in [3.05, 3.63) is 24.5 Å².